The molecule has 1 fully saturated rings. The summed E-state index contributed by atoms with van der Waals surface area (Å²) >= 11 is 0. The van der Waals surface area contributed by atoms with Gasteiger partial charge in [0.15, 0.2) is 0 Å². The zero-order valence-corrected chi connectivity index (χ0v) is 25.9. The zero-order valence-electron chi connectivity index (χ0n) is 25.9. The number of hydrogen-bond acceptors (Lipinski definition) is 4. The minimum atomic E-state index is 0.196. The molecule has 0 N–H and O–H groups in total. The van der Waals surface area contributed by atoms with Gasteiger partial charge in [-0.2, -0.15) is 0 Å². The molecular weight excluding hydrogens is 492 g/mol. The number of likely N-dealkylation sites (N-methyl/N-ethyl adjacent to an activating group) is 1. The van der Waals surface area contributed by atoms with Gasteiger partial charge in [-0.3, -0.25) is 9.69 Å². The Labute approximate surface area is 242 Å². The average Bonchev–Trinajstić information content (AvgIpc) is 2.90. The van der Waals surface area contributed by atoms with Crippen LogP contribution in [0, 0.1) is 13.8 Å². The third-order valence-electron chi connectivity index (χ3n) is 8.72. The summed E-state index contributed by atoms with van der Waals surface area (Å²) in [7, 11) is 8.71. The number of aryl methyl sites for hydroxylation is 2. The summed E-state index contributed by atoms with van der Waals surface area (Å²) in [5, 5.41) is 2.42. The third kappa shape index (κ3) is 7.93. The van der Waals surface area contributed by atoms with Crippen LogP contribution in [0.25, 0.3) is 10.8 Å². The molecule has 1 amide bonds. The Kier molecular flexibility index (Phi) is 10.4. The second-order valence-corrected chi connectivity index (χ2v) is 12.6. The van der Waals surface area contributed by atoms with Gasteiger partial charge in [-0.1, -0.05) is 66.2 Å². The fourth-order valence-corrected chi connectivity index (χ4v) is 6.23. The third-order valence-corrected chi connectivity index (χ3v) is 8.72. The standard InChI is InChI=1S/C35H50N4O/c1-26-14-16-31(27(2)19-26)22-34(37(6)7)24-38-23-28(3)39(25-33(38)13-10-18-36(4)5)35(40)21-29-15-17-30-11-8-9-12-32(30)20-29/h8-9,11-12,14-17,19-20,28,33-34H,10,13,18,21-25H2,1-7H3. The maximum absolute atomic E-state index is 13.7. The summed E-state index contributed by atoms with van der Waals surface area (Å²) in [5.41, 5.74) is 5.24. The van der Waals surface area contributed by atoms with Crippen molar-refractivity contribution < 1.29 is 4.79 Å². The zero-order chi connectivity index (χ0) is 28.8. The van der Waals surface area contributed by atoms with Crippen molar-refractivity contribution >= 4 is 16.7 Å². The van der Waals surface area contributed by atoms with Crippen LogP contribution in [-0.4, -0.2) is 98.0 Å². The number of carbonyl (C=O) groups excluding carboxylic acids is 1. The van der Waals surface area contributed by atoms with E-state index in [-0.39, 0.29) is 11.9 Å². The van der Waals surface area contributed by atoms with Gasteiger partial charge in [-0.05, 0) is 102 Å². The van der Waals surface area contributed by atoms with Crippen molar-refractivity contribution in [2.75, 3.05) is 54.4 Å². The maximum atomic E-state index is 13.7. The highest BCUT2D eigenvalue weighted by atomic mass is 16.2. The first-order chi connectivity index (χ1) is 19.1. The van der Waals surface area contributed by atoms with Gasteiger partial charge in [-0.25, -0.2) is 0 Å². The van der Waals surface area contributed by atoms with Crippen LogP contribution in [0.2, 0.25) is 0 Å². The molecule has 3 aromatic rings. The molecule has 216 valence electrons. The van der Waals surface area contributed by atoms with Crippen LogP contribution in [0.15, 0.2) is 60.7 Å². The number of amides is 1. The van der Waals surface area contributed by atoms with Gasteiger partial charge >= 0.3 is 0 Å². The van der Waals surface area contributed by atoms with Gasteiger partial charge in [0, 0.05) is 37.8 Å². The van der Waals surface area contributed by atoms with Crippen LogP contribution in [0.3, 0.4) is 0 Å². The fraction of sp³-hybridized carbons (Fsp3) is 0.514. The molecule has 0 saturated carbocycles. The molecule has 0 bridgehead atoms. The number of rotatable bonds is 11. The minimum Gasteiger partial charge on any atom is -0.337 e. The molecular formula is C35H50N4O. The van der Waals surface area contributed by atoms with Crippen molar-refractivity contribution in [3.8, 4) is 0 Å². The molecule has 1 aliphatic rings. The predicted molar refractivity (Wildman–Crippen MR) is 169 cm³/mol. The van der Waals surface area contributed by atoms with Gasteiger partial charge < -0.3 is 14.7 Å². The predicted octanol–water partition coefficient (Wildman–Crippen LogP) is 5.42. The molecule has 3 atom stereocenters. The second-order valence-electron chi connectivity index (χ2n) is 12.6. The van der Waals surface area contributed by atoms with E-state index in [1.165, 1.54) is 27.5 Å². The molecule has 0 radical (unpaired) electrons. The van der Waals surface area contributed by atoms with Crippen molar-refractivity contribution in [3.05, 3.63) is 82.9 Å². The first kappa shape index (κ1) is 30.2. The Morgan fingerprint density at radius 3 is 2.40 bits per heavy atom. The first-order valence-corrected chi connectivity index (χ1v) is 15.0. The Morgan fingerprint density at radius 1 is 0.950 bits per heavy atom. The smallest absolute Gasteiger partial charge is 0.227 e. The number of fused-ring (bicyclic) bond motifs is 1. The van der Waals surface area contributed by atoms with E-state index in [4.69, 9.17) is 0 Å². The Bertz CT molecular complexity index is 1270. The molecule has 1 heterocycles. The van der Waals surface area contributed by atoms with E-state index >= 15 is 0 Å². The van der Waals surface area contributed by atoms with E-state index in [9.17, 15) is 4.79 Å². The minimum absolute atomic E-state index is 0.196. The summed E-state index contributed by atoms with van der Waals surface area (Å²) in [5.74, 6) is 0.250. The highest BCUT2D eigenvalue weighted by Crippen LogP contribution is 2.24. The number of piperazine rings is 1. The molecule has 0 aromatic heterocycles. The van der Waals surface area contributed by atoms with Crippen molar-refractivity contribution in [2.45, 2.75) is 64.6 Å². The fourth-order valence-electron chi connectivity index (χ4n) is 6.23. The molecule has 5 heteroatoms. The van der Waals surface area contributed by atoms with E-state index in [0.717, 1.165) is 51.0 Å². The lowest BCUT2D eigenvalue weighted by molar-refractivity contribution is -0.137. The summed E-state index contributed by atoms with van der Waals surface area (Å²) in [6.07, 6.45) is 3.75. The van der Waals surface area contributed by atoms with Gasteiger partial charge in [0.2, 0.25) is 5.91 Å². The summed E-state index contributed by atoms with van der Waals surface area (Å²) < 4.78 is 0. The normalized spacial score (nSPS) is 19.1. The molecule has 0 spiro atoms. The number of hydrogen-bond donors (Lipinski definition) is 0. The van der Waals surface area contributed by atoms with Crippen molar-refractivity contribution in [1.29, 1.82) is 0 Å². The topological polar surface area (TPSA) is 30.0 Å². The van der Waals surface area contributed by atoms with Crippen molar-refractivity contribution in [1.82, 2.24) is 19.6 Å². The Balaban J connectivity index is 1.48. The largest absolute Gasteiger partial charge is 0.337 e. The van der Waals surface area contributed by atoms with Crippen LogP contribution >= 0.6 is 0 Å². The highest BCUT2D eigenvalue weighted by molar-refractivity contribution is 5.85. The van der Waals surface area contributed by atoms with Crippen LogP contribution in [0.4, 0.5) is 0 Å². The van der Waals surface area contributed by atoms with Crippen LogP contribution in [-0.2, 0) is 17.6 Å². The van der Waals surface area contributed by atoms with E-state index in [0.29, 0.717) is 18.5 Å². The van der Waals surface area contributed by atoms with Gasteiger partial charge in [-0.15, -0.1) is 0 Å². The van der Waals surface area contributed by atoms with Crippen LogP contribution < -0.4 is 0 Å². The number of benzene rings is 3. The molecule has 3 aromatic carbocycles. The summed E-state index contributed by atoms with van der Waals surface area (Å²) in [6, 6.07) is 22.7. The molecule has 1 saturated heterocycles. The summed E-state index contributed by atoms with van der Waals surface area (Å²) in [4.78, 5) is 23.2. The molecule has 0 aliphatic carbocycles. The summed E-state index contributed by atoms with van der Waals surface area (Å²) in [6.45, 7) is 10.5. The van der Waals surface area contributed by atoms with E-state index in [1.54, 1.807) is 0 Å². The van der Waals surface area contributed by atoms with Crippen molar-refractivity contribution in [2.24, 2.45) is 0 Å². The molecule has 3 unspecified atom stereocenters. The van der Waals surface area contributed by atoms with Crippen LogP contribution in [0.1, 0.15) is 42.0 Å². The monoisotopic (exact) mass is 542 g/mol. The van der Waals surface area contributed by atoms with E-state index < -0.39 is 0 Å². The lowest BCUT2D eigenvalue weighted by Gasteiger charge is -2.47. The number of carbonyl (C=O) groups is 1. The quantitative estimate of drug-likeness (QED) is 0.324. The number of nitrogens with zero attached hydrogens (tertiary/aromatic N) is 4. The first-order valence-electron chi connectivity index (χ1n) is 15.0. The molecule has 40 heavy (non-hydrogen) atoms. The van der Waals surface area contributed by atoms with Gasteiger partial charge in [0.1, 0.15) is 0 Å². The average molecular weight is 543 g/mol. The maximum Gasteiger partial charge on any atom is 0.227 e. The lowest BCUT2D eigenvalue weighted by atomic mass is 9.96. The highest BCUT2D eigenvalue weighted by Gasteiger charge is 2.35. The Morgan fingerprint density at radius 2 is 1.70 bits per heavy atom. The lowest BCUT2D eigenvalue weighted by Crippen LogP contribution is -2.61. The van der Waals surface area contributed by atoms with Gasteiger partial charge in [0.05, 0.1) is 6.42 Å². The molecule has 5 nitrogen and oxygen atoms in total. The van der Waals surface area contributed by atoms with Crippen LogP contribution in [0.5, 0.6) is 0 Å². The second kappa shape index (κ2) is 13.8. The van der Waals surface area contributed by atoms with E-state index in [1.807, 2.05) is 0 Å². The van der Waals surface area contributed by atoms with Gasteiger partial charge in [0.25, 0.3) is 0 Å². The Hall–Kier alpha value is -2.73. The van der Waals surface area contributed by atoms with E-state index in [2.05, 4.69) is 129 Å². The molecule has 1 aliphatic heterocycles. The molecule has 4 rings (SSSR count). The SMILES string of the molecule is Cc1ccc(CC(CN2CC(C)N(C(=O)Cc3ccc4ccccc4c3)CC2CCCN(C)C)N(C)C)c(C)c1. The van der Waals surface area contributed by atoms with Crippen molar-refractivity contribution in [3.63, 3.8) is 0 Å².